The molecule has 3 heteroatoms. The van der Waals surface area contributed by atoms with Gasteiger partial charge in [0.15, 0.2) is 0 Å². The molecule has 0 rings (SSSR count). The van der Waals surface area contributed by atoms with Crippen molar-refractivity contribution < 1.29 is 8.53 Å². The molecule has 0 fully saturated rings. The first-order valence-corrected chi connectivity index (χ1v) is 7.61. The Balaban J connectivity index is 3.53. The van der Waals surface area contributed by atoms with Gasteiger partial charge in [-0.2, -0.15) is 0 Å². The summed E-state index contributed by atoms with van der Waals surface area (Å²) >= 11 is -0.934. The van der Waals surface area contributed by atoms with Gasteiger partial charge in [0, 0.05) is 0 Å². The highest BCUT2D eigenvalue weighted by molar-refractivity contribution is 6.48. The highest BCUT2D eigenvalue weighted by Gasteiger charge is 2.12. The predicted molar refractivity (Wildman–Crippen MR) is 53.4 cm³/mol. The number of rotatable bonds is 6. The average Bonchev–Trinajstić information content (AvgIpc) is 1.97. The highest BCUT2D eigenvalue weighted by atomic mass is 27.2. The van der Waals surface area contributed by atoms with Gasteiger partial charge in [-0.3, -0.25) is 0 Å². The molecular weight excluding hydrogens is 167 g/mol. The van der Waals surface area contributed by atoms with Crippen LogP contribution in [-0.2, 0) is 8.53 Å². The molecule has 0 heterocycles. The zero-order valence-corrected chi connectivity index (χ0v) is 10.1. The quantitative estimate of drug-likeness (QED) is 0.471. The molecule has 0 bridgehead atoms. The van der Waals surface area contributed by atoms with Gasteiger partial charge in [-0.15, -0.1) is 0 Å². The molecule has 0 radical (unpaired) electrons. The third-order valence-electron chi connectivity index (χ3n) is 1.37. The molecule has 1 atom stereocenters. The van der Waals surface area contributed by atoms with Crippen LogP contribution in [-0.4, -0.2) is 27.4 Å². The van der Waals surface area contributed by atoms with Crippen LogP contribution in [0.15, 0.2) is 0 Å². The summed E-state index contributed by atoms with van der Waals surface area (Å²) in [6.45, 7) is 7.21. The molecule has 0 N–H and O–H groups in total. The van der Waals surface area contributed by atoms with Gasteiger partial charge in [0.25, 0.3) is 0 Å². The maximum absolute atomic E-state index is 5.67. The second-order valence-electron chi connectivity index (χ2n) is 3.75. The van der Waals surface area contributed by atoms with Gasteiger partial charge in [0.2, 0.25) is 0 Å². The molecule has 0 aromatic heterocycles. The van der Waals surface area contributed by atoms with Crippen molar-refractivity contribution in [3.63, 3.8) is 0 Å². The Hall–Kier alpha value is 0.452. The van der Waals surface area contributed by atoms with Crippen LogP contribution in [0.3, 0.4) is 0 Å². The Morgan fingerprint density at radius 3 is 2.17 bits per heavy atom. The lowest BCUT2D eigenvalue weighted by atomic mass is 10.2. The largest absolute Gasteiger partial charge is 0.478 e. The first-order chi connectivity index (χ1) is 5.56. The first kappa shape index (κ1) is 12.5. The van der Waals surface area contributed by atoms with Crippen molar-refractivity contribution in [2.24, 2.45) is 5.92 Å². The van der Waals surface area contributed by atoms with Gasteiger partial charge < -0.3 is 8.53 Å². The van der Waals surface area contributed by atoms with Crippen LogP contribution in [0.4, 0.5) is 0 Å². The van der Waals surface area contributed by atoms with E-state index in [1.807, 2.05) is 0 Å². The van der Waals surface area contributed by atoms with E-state index in [1.54, 1.807) is 0 Å². The van der Waals surface area contributed by atoms with Crippen LogP contribution < -0.4 is 0 Å². The van der Waals surface area contributed by atoms with E-state index in [1.165, 1.54) is 0 Å². The standard InChI is InChI=1S/C7H15O2.2CH3.Al/c1-4-7(8)9-5-6(2)3;;;/h6-7H,4-5H2,1-3H3;2*1H3;/q-1;;;+1. The van der Waals surface area contributed by atoms with Gasteiger partial charge in [0.05, 0.1) is 6.61 Å². The molecule has 0 aliphatic heterocycles. The third kappa shape index (κ3) is 7.12. The van der Waals surface area contributed by atoms with Crippen LogP contribution >= 0.6 is 0 Å². The summed E-state index contributed by atoms with van der Waals surface area (Å²) < 4.78 is 11.2. The van der Waals surface area contributed by atoms with Gasteiger partial charge in [-0.1, -0.05) is 32.3 Å². The molecule has 2 nitrogen and oxygen atoms in total. The Morgan fingerprint density at radius 1 is 1.25 bits per heavy atom. The fourth-order valence-electron chi connectivity index (χ4n) is 0.857. The molecule has 0 amide bonds. The molecule has 1 unspecified atom stereocenters. The lowest BCUT2D eigenvalue weighted by molar-refractivity contribution is -0.0918. The predicted octanol–water partition coefficient (Wildman–Crippen LogP) is 2.66. The fraction of sp³-hybridized carbons (Fsp3) is 1.00. The van der Waals surface area contributed by atoms with Crippen LogP contribution in [0.5, 0.6) is 0 Å². The summed E-state index contributed by atoms with van der Waals surface area (Å²) in [4.78, 5) is 0. The molecule has 12 heavy (non-hydrogen) atoms. The van der Waals surface area contributed by atoms with Crippen molar-refractivity contribution in [1.29, 1.82) is 0 Å². The van der Waals surface area contributed by atoms with Crippen molar-refractivity contribution >= 4 is 14.5 Å². The molecule has 0 aromatic carbocycles. The first-order valence-electron chi connectivity index (χ1n) is 4.83. The van der Waals surface area contributed by atoms with E-state index < -0.39 is 14.5 Å². The SMILES string of the molecule is CCC(OCC(C)C)[O][Al]([CH3])[CH3]. The van der Waals surface area contributed by atoms with E-state index >= 15 is 0 Å². The minimum atomic E-state index is -0.934. The lowest BCUT2D eigenvalue weighted by Gasteiger charge is -2.20. The van der Waals surface area contributed by atoms with Crippen LogP contribution in [0.2, 0.25) is 11.6 Å². The molecule has 0 aliphatic carbocycles. The summed E-state index contributed by atoms with van der Waals surface area (Å²) in [6, 6.07) is 0. The maximum Gasteiger partial charge on any atom is 0.455 e. The van der Waals surface area contributed by atoms with E-state index in [2.05, 4.69) is 32.3 Å². The molecule has 72 valence electrons. The van der Waals surface area contributed by atoms with E-state index in [0.29, 0.717) is 5.92 Å². The molecule has 0 spiro atoms. The van der Waals surface area contributed by atoms with Gasteiger partial charge in [0.1, 0.15) is 6.29 Å². The van der Waals surface area contributed by atoms with E-state index in [-0.39, 0.29) is 6.29 Å². The third-order valence-corrected chi connectivity index (χ3v) is 2.22. The summed E-state index contributed by atoms with van der Waals surface area (Å²) in [5.41, 5.74) is 0. The second kappa shape index (κ2) is 6.91. The van der Waals surface area contributed by atoms with Crippen molar-refractivity contribution in [2.45, 2.75) is 45.1 Å². The van der Waals surface area contributed by atoms with Crippen LogP contribution in [0.1, 0.15) is 27.2 Å². The average molecular weight is 188 g/mol. The monoisotopic (exact) mass is 188 g/mol. The second-order valence-corrected chi connectivity index (χ2v) is 6.12. The molecular formula is C9H21AlO2. The zero-order valence-electron chi connectivity index (χ0n) is 8.96. The minimum absolute atomic E-state index is 0.0408. The Bertz CT molecular complexity index is 105. The molecule has 0 aromatic rings. The number of hydrogen-bond donors (Lipinski definition) is 0. The van der Waals surface area contributed by atoms with E-state index in [0.717, 1.165) is 13.0 Å². The summed E-state index contributed by atoms with van der Waals surface area (Å²) in [5, 5.41) is 0. The smallest absolute Gasteiger partial charge is 0.455 e. The van der Waals surface area contributed by atoms with Crippen molar-refractivity contribution in [1.82, 2.24) is 0 Å². The number of ether oxygens (including phenoxy) is 1. The molecule has 0 aliphatic rings. The van der Waals surface area contributed by atoms with Crippen molar-refractivity contribution in [3.05, 3.63) is 0 Å². The summed E-state index contributed by atoms with van der Waals surface area (Å²) in [7, 11) is 0. The van der Waals surface area contributed by atoms with Crippen LogP contribution in [0.25, 0.3) is 0 Å². The van der Waals surface area contributed by atoms with Crippen molar-refractivity contribution in [3.8, 4) is 0 Å². The number of hydrogen-bond acceptors (Lipinski definition) is 2. The maximum atomic E-state index is 5.67. The van der Waals surface area contributed by atoms with Crippen LogP contribution in [0, 0.1) is 5.92 Å². The van der Waals surface area contributed by atoms with Crippen molar-refractivity contribution in [2.75, 3.05) is 6.61 Å². The highest BCUT2D eigenvalue weighted by Crippen LogP contribution is 2.05. The van der Waals surface area contributed by atoms with E-state index in [4.69, 9.17) is 8.53 Å². The Kier molecular flexibility index (Phi) is 7.17. The fourth-order valence-corrected chi connectivity index (χ4v) is 1.73. The lowest BCUT2D eigenvalue weighted by Crippen LogP contribution is -2.24. The molecule has 0 saturated carbocycles. The van der Waals surface area contributed by atoms with Gasteiger partial charge in [-0.05, 0) is 12.3 Å². The Morgan fingerprint density at radius 2 is 1.83 bits per heavy atom. The molecule has 0 saturated heterocycles. The van der Waals surface area contributed by atoms with Gasteiger partial charge >= 0.3 is 14.5 Å². The zero-order chi connectivity index (χ0) is 9.56. The topological polar surface area (TPSA) is 18.5 Å². The summed E-state index contributed by atoms with van der Waals surface area (Å²) in [6.07, 6.45) is 0.997. The minimum Gasteiger partial charge on any atom is -0.478 e. The normalized spacial score (nSPS) is 13.5. The Labute approximate surface area is 81.0 Å². The summed E-state index contributed by atoms with van der Waals surface area (Å²) in [5.74, 6) is 4.93. The van der Waals surface area contributed by atoms with E-state index in [9.17, 15) is 0 Å². The van der Waals surface area contributed by atoms with Gasteiger partial charge in [-0.25, -0.2) is 0 Å².